The van der Waals surface area contributed by atoms with Gasteiger partial charge in [-0.25, -0.2) is 4.98 Å². The molecule has 0 spiro atoms. The van der Waals surface area contributed by atoms with Gasteiger partial charge in [0.1, 0.15) is 0 Å². The summed E-state index contributed by atoms with van der Waals surface area (Å²) in [5, 5.41) is 0. The Labute approximate surface area is 137 Å². The number of nitrogens with zero attached hydrogens (tertiary/aromatic N) is 5. The van der Waals surface area contributed by atoms with E-state index in [4.69, 9.17) is 4.74 Å². The van der Waals surface area contributed by atoms with Crippen molar-refractivity contribution in [3.05, 3.63) is 30.5 Å². The van der Waals surface area contributed by atoms with Crippen LogP contribution >= 0.6 is 0 Å². The van der Waals surface area contributed by atoms with Crippen molar-refractivity contribution >= 4 is 5.65 Å². The predicted molar refractivity (Wildman–Crippen MR) is 88.3 cm³/mol. The average molecular weight is 315 g/mol. The average Bonchev–Trinajstić information content (AvgIpc) is 3.01. The van der Waals surface area contributed by atoms with Gasteiger partial charge in [0, 0.05) is 44.6 Å². The zero-order valence-corrected chi connectivity index (χ0v) is 13.6. The Morgan fingerprint density at radius 1 is 1.13 bits per heavy atom. The van der Waals surface area contributed by atoms with Crippen molar-refractivity contribution in [1.82, 2.24) is 24.2 Å². The van der Waals surface area contributed by atoms with Crippen LogP contribution in [-0.2, 0) is 11.3 Å². The summed E-state index contributed by atoms with van der Waals surface area (Å²) in [4.78, 5) is 13.8. The van der Waals surface area contributed by atoms with Crippen LogP contribution in [0.1, 0.15) is 25.0 Å². The number of hydrogen-bond acceptors (Lipinski definition) is 5. The van der Waals surface area contributed by atoms with Crippen LogP contribution in [0, 0.1) is 0 Å². The second kappa shape index (κ2) is 6.95. The summed E-state index contributed by atoms with van der Waals surface area (Å²) in [6, 6.07) is 0.647. The minimum Gasteiger partial charge on any atom is -0.379 e. The normalized spacial score (nSPS) is 24.3. The van der Waals surface area contributed by atoms with Crippen molar-refractivity contribution in [3.63, 3.8) is 0 Å². The zero-order valence-electron chi connectivity index (χ0n) is 13.6. The van der Waals surface area contributed by atoms with Crippen molar-refractivity contribution in [2.45, 2.75) is 31.8 Å². The molecule has 2 aliphatic rings. The van der Waals surface area contributed by atoms with E-state index in [2.05, 4.69) is 24.2 Å². The lowest BCUT2D eigenvalue weighted by molar-refractivity contribution is 0.0150. The molecule has 1 atom stereocenters. The molecule has 6 heteroatoms. The number of hydrogen-bond donors (Lipinski definition) is 0. The molecule has 1 unspecified atom stereocenters. The number of piperidine rings is 1. The molecule has 2 aromatic heterocycles. The minimum atomic E-state index is 0.647. The van der Waals surface area contributed by atoms with E-state index < -0.39 is 0 Å². The van der Waals surface area contributed by atoms with Crippen LogP contribution in [0.2, 0.25) is 0 Å². The van der Waals surface area contributed by atoms with E-state index in [1.165, 1.54) is 38.0 Å². The van der Waals surface area contributed by atoms with Crippen LogP contribution in [0.15, 0.2) is 24.8 Å². The van der Waals surface area contributed by atoms with E-state index in [9.17, 15) is 0 Å². The van der Waals surface area contributed by atoms with Gasteiger partial charge in [-0.2, -0.15) is 0 Å². The monoisotopic (exact) mass is 315 g/mol. The third-order valence-electron chi connectivity index (χ3n) is 5.08. The third-order valence-corrected chi connectivity index (χ3v) is 5.08. The number of ether oxygens (including phenoxy) is 1. The molecule has 4 heterocycles. The second-order valence-electron chi connectivity index (χ2n) is 6.59. The number of morpholine rings is 1. The van der Waals surface area contributed by atoms with Crippen molar-refractivity contribution in [1.29, 1.82) is 0 Å². The summed E-state index contributed by atoms with van der Waals surface area (Å²) in [5.41, 5.74) is 2.19. The lowest BCUT2D eigenvalue weighted by Gasteiger charge is -2.39. The third kappa shape index (κ3) is 3.39. The Kier molecular flexibility index (Phi) is 4.55. The van der Waals surface area contributed by atoms with Gasteiger partial charge in [-0.05, 0) is 19.4 Å². The molecule has 0 bridgehead atoms. The topological polar surface area (TPSA) is 45.9 Å². The maximum Gasteiger partial charge on any atom is 0.155 e. The Balaban J connectivity index is 1.46. The first kappa shape index (κ1) is 15.1. The standard InChI is InChI=1S/C17H25N5O/c1-2-5-21(15(3-1)13-20-7-9-23-10-8-20)14-16-11-19-17-12-18-4-6-22(16)17/h4,6,11-12,15H,1-3,5,7-10,13-14H2. The van der Waals surface area contributed by atoms with Gasteiger partial charge in [-0.15, -0.1) is 0 Å². The molecular weight excluding hydrogens is 290 g/mol. The van der Waals surface area contributed by atoms with Gasteiger partial charge in [0.15, 0.2) is 5.65 Å². The van der Waals surface area contributed by atoms with E-state index >= 15 is 0 Å². The first-order chi connectivity index (χ1) is 11.4. The van der Waals surface area contributed by atoms with Gasteiger partial charge in [-0.1, -0.05) is 6.42 Å². The Morgan fingerprint density at radius 3 is 2.96 bits per heavy atom. The second-order valence-corrected chi connectivity index (χ2v) is 6.59. The summed E-state index contributed by atoms with van der Waals surface area (Å²) in [6.45, 7) is 7.24. The van der Waals surface area contributed by atoms with Crippen LogP contribution in [0.3, 0.4) is 0 Å². The highest BCUT2D eigenvalue weighted by atomic mass is 16.5. The van der Waals surface area contributed by atoms with Crippen molar-refractivity contribution in [2.75, 3.05) is 39.4 Å². The molecular formula is C17H25N5O. The number of aromatic nitrogens is 3. The highest BCUT2D eigenvalue weighted by Gasteiger charge is 2.26. The van der Waals surface area contributed by atoms with Crippen LogP contribution in [0.5, 0.6) is 0 Å². The van der Waals surface area contributed by atoms with Gasteiger partial charge >= 0.3 is 0 Å². The predicted octanol–water partition coefficient (Wildman–Crippen LogP) is 1.42. The molecule has 2 aromatic rings. The van der Waals surface area contributed by atoms with E-state index in [0.29, 0.717) is 6.04 Å². The van der Waals surface area contributed by atoms with Gasteiger partial charge in [-0.3, -0.25) is 19.2 Å². The first-order valence-corrected chi connectivity index (χ1v) is 8.70. The molecule has 2 aliphatic heterocycles. The molecule has 23 heavy (non-hydrogen) atoms. The Hall–Kier alpha value is -1.50. The molecule has 2 fully saturated rings. The lowest BCUT2D eigenvalue weighted by Crippen LogP contribution is -2.49. The van der Waals surface area contributed by atoms with Crippen LogP contribution in [-0.4, -0.2) is 69.6 Å². The fraction of sp³-hybridized carbons (Fsp3) is 0.647. The molecule has 2 saturated heterocycles. The SMILES string of the molecule is c1cn2c(CN3CCCCC3CN3CCOCC3)cnc2cn1. The molecule has 0 saturated carbocycles. The summed E-state index contributed by atoms with van der Waals surface area (Å²) < 4.78 is 7.64. The molecule has 0 aromatic carbocycles. The molecule has 0 radical (unpaired) electrons. The quantitative estimate of drug-likeness (QED) is 0.854. The van der Waals surface area contributed by atoms with E-state index in [0.717, 1.165) is 38.5 Å². The molecule has 4 rings (SSSR count). The number of fused-ring (bicyclic) bond motifs is 1. The Morgan fingerprint density at radius 2 is 2.04 bits per heavy atom. The van der Waals surface area contributed by atoms with Gasteiger partial charge in [0.25, 0.3) is 0 Å². The highest BCUT2D eigenvalue weighted by molar-refractivity contribution is 5.36. The van der Waals surface area contributed by atoms with Crippen LogP contribution in [0.25, 0.3) is 5.65 Å². The minimum absolute atomic E-state index is 0.647. The molecule has 124 valence electrons. The summed E-state index contributed by atoms with van der Waals surface area (Å²) in [7, 11) is 0. The molecule has 0 amide bonds. The lowest BCUT2D eigenvalue weighted by atomic mass is 10.0. The summed E-state index contributed by atoms with van der Waals surface area (Å²) in [5.74, 6) is 0. The molecule has 6 nitrogen and oxygen atoms in total. The number of rotatable bonds is 4. The number of imidazole rings is 1. The maximum absolute atomic E-state index is 5.48. The van der Waals surface area contributed by atoms with Crippen LogP contribution in [0.4, 0.5) is 0 Å². The Bertz CT molecular complexity index is 637. The molecule has 0 N–H and O–H groups in total. The van der Waals surface area contributed by atoms with Gasteiger partial charge in [0.05, 0.1) is 31.3 Å². The molecule has 0 aliphatic carbocycles. The van der Waals surface area contributed by atoms with E-state index in [1.807, 2.05) is 24.8 Å². The fourth-order valence-electron chi connectivity index (χ4n) is 3.78. The van der Waals surface area contributed by atoms with E-state index in [-0.39, 0.29) is 0 Å². The van der Waals surface area contributed by atoms with Crippen LogP contribution < -0.4 is 0 Å². The van der Waals surface area contributed by atoms with E-state index in [1.54, 1.807) is 0 Å². The maximum atomic E-state index is 5.48. The largest absolute Gasteiger partial charge is 0.379 e. The summed E-state index contributed by atoms with van der Waals surface area (Å²) in [6.07, 6.45) is 11.6. The number of likely N-dealkylation sites (tertiary alicyclic amines) is 1. The first-order valence-electron chi connectivity index (χ1n) is 8.70. The highest BCUT2D eigenvalue weighted by Crippen LogP contribution is 2.21. The van der Waals surface area contributed by atoms with Crippen molar-refractivity contribution in [3.8, 4) is 0 Å². The zero-order chi connectivity index (χ0) is 15.5. The smallest absolute Gasteiger partial charge is 0.155 e. The van der Waals surface area contributed by atoms with Gasteiger partial charge < -0.3 is 4.74 Å². The summed E-state index contributed by atoms with van der Waals surface area (Å²) >= 11 is 0. The van der Waals surface area contributed by atoms with Gasteiger partial charge in [0.2, 0.25) is 0 Å². The fourth-order valence-corrected chi connectivity index (χ4v) is 3.78. The van der Waals surface area contributed by atoms with Crippen molar-refractivity contribution in [2.24, 2.45) is 0 Å². The van der Waals surface area contributed by atoms with Crippen molar-refractivity contribution < 1.29 is 4.74 Å².